The Morgan fingerprint density at radius 1 is 1.25 bits per heavy atom. The van der Waals surface area contributed by atoms with E-state index in [-0.39, 0.29) is 12.8 Å². The number of esters is 2. The maximum atomic E-state index is 11.9. The van der Waals surface area contributed by atoms with Crippen LogP contribution in [0, 0.1) is 0 Å². The molecule has 0 saturated heterocycles. The molecule has 4 atom stereocenters. The van der Waals surface area contributed by atoms with Gasteiger partial charge >= 0.3 is 11.9 Å². The molecule has 2 rings (SSSR count). The molecule has 0 aromatic heterocycles. The Balaban J connectivity index is 1.94. The Morgan fingerprint density at radius 2 is 2.00 bits per heavy atom. The van der Waals surface area contributed by atoms with Crippen molar-refractivity contribution in [1.82, 2.24) is 0 Å². The van der Waals surface area contributed by atoms with Crippen molar-refractivity contribution in [2.24, 2.45) is 0 Å². The largest absolute Gasteiger partial charge is 0.458 e. The first-order valence-electron chi connectivity index (χ1n) is 6.51. The summed E-state index contributed by atoms with van der Waals surface area (Å²) in [5, 5.41) is 18.8. The van der Waals surface area contributed by atoms with Crippen LogP contribution in [0.5, 0.6) is 0 Å². The molecule has 0 aliphatic heterocycles. The van der Waals surface area contributed by atoms with Gasteiger partial charge in [0.25, 0.3) is 0 Å². The van der Waals surface area contributed by atoms with Crippen LogP contribution in [0.25, 0.3) is 0 Å². The Kier molecular flexibility index (Phi) is 4.25. The van der Waals surface area contributed by atoms with Gasteiger partial charge in [0.15, 0.2) is 0 Å². The average molecular weight is 282 g/mol. The van der Waals surface area contributed by atoms with Crippen molar-refractivity contribution in [1.29, 1.82) is 0 Å². The number of aliphatic hydroxyl groups is 2. The highest BCUT2D eigenvalue weighted by Gasteiger charge is 2.40. The molecule has 0 radical (unpaired) electrons. The molecule has 2 aliphatic rings. The van der Waals surface area contributed by atoms with Gasteiger partial charge < -0.3 is 19.7 Å². The van der Waals surface area contributed by atoms with E-state index in [1.54, 1.807) is 12.2 Å². The van der Waals surface area contributed by atoms with Gasteiger partial charge in [-0.2, -0.15) is 0 Å². The molecule has 2 N–H and O–H groups in total. The number of hydrogen-bond acceptors (Lipinski definition) is 6. The van der Waals surface area contributed by atoms with Gasteiger partial charge in [-0.15, -0.1) is 0 Å². The molecule has 0 saturated carbocycles. The van der Waals surface area contributed by atoms with Crippen LogP contribution in [0.15, 0.2) is 24.3 Å². The molecule has 0 bridgehead atoms. The molecule has 0 heterocycles. The first-order chi connectivity index (χ1) is 9.38. The van der Waals surface area contributed by atoms with Crippen molar-refractivity contribution in [2.45, 2.75) is 50.1 Å². The van der Waals surface area contributed by atoms with E-state index < -0.39 is 35.9 Å². The maximum Gasteiger partial charge on any atom is 0.310 e. The molecule has 0 aromatic carbocycles. The van der Waals surface area contributed by atoms with E-state index >= 15 is 0 Å². The molecule has 20 heavy (non-hydrogen) atoms. The van der Waals surface area contributed by atoms with E-state index in [0.717, 1.165) is 0 Å². The molecule has 0 aromatic rings. The molecular formula is C14H18O6. The molecule has 2 aliphatic carbocycles. The minimum atomic E-state index is -1.14. The zero-order valence-electron chi connectivity index (χ0n) is 11.2. The highest BCUT2D eigenvalue weighted by atomic mass is 16.6. The highest BCUT2D eigenvalue weighted by molar-refractivity contribution is 5.74. The predicted molar refractivity (Wildman–Crippen MR) is 68.5 cm³/mol. The zero-order chi connectivity index (χ0) is 14.8. The summed E-state index contributed by atoms with van der Waals surface area (Å²) in [6.07, 6.45) is 4.76. The highest BCUT2D eigenvalue weighted by Crippen LogP contribution is 2.31. The SMILES string of the molecule is CC(=O)O[C@@]1(CC(=O)O[C@@H]2C=C[C@H](O)C2)C=C[C@@H](O)C1. The summed E-state index contributed by atoms with van der Waals surface area (Å²) in [7, 11) is 0. The van der Waals surface area contributed by atoms with Crippen LogP contribution in [0.3, 0.4) is 0 Å². The van der Waals surface area contributed by atoms with Gasteiger partial charge in [-0.3, -0.25) is 9.59 Å². The van der Waals surface area contributed by atoms with E-state index in [9.17, 15) is 19.8 Å². The third-order valence-electron chi connectivity index (χ3n) is 3.27. The standard InChI is InChI=1S/C14H18O6/c1-9(15)20-14(5-4-11(17)7-14)8-13(18)19-12-3-2-10(16)6-12/h2-5,10-12,16-17H,6-8H2,1H3/t10-,11+,12+,14-/m0/s1. The normalized spacial score (nSPS) is 35.2. The fraction of sp³-hybridized carbons (Fsp3) is 0.571. The lowest BCUT2D eigenvalue weighted by molar-refractivity contribution is -0.162. The van der Waals surface area contributed by atoms with E-state index in [1.165, 1.54) is 19.1 Å². The van der Waals surface area contributed by atoms with Gasteiger partial charge in [0, 0.05) is 19.8 Å². The quantitative estimate of drug-likeness (QED) is 0.566. The molecule has 0 unspecified atom stereocenters. The summed E-state index contributed by atoms with van der Waals surface area (Å²) in [6, 6.07) is 0. The summed E-state index contributed by atoms with van der Waals surface area (Å²) in [5.41, 5.74) is -1.14. The van der Waals surface area contributed by atoms with Crippen LogP contribution in [0.1, 0.15) is 26.2 Å². The number of carbonyl (C=O) groups excluding carboxylic acids is 2. The summed E-state index contributed by atoms with van der Waals surface area (Å²) < 4.78 is 10.4. The minimum absolute atomic E-state index is 0.144. The number of carbonyl (C=O) groups is 2. The lowest BCUT2D eigenvalue weighted by Crippen LogP contribution is -2.36. The Labute approximate surface area is 116 Å². The van der Waals surface area contributed by atoms with Crippen molar-refractivity contribution < 1.29 is 29.3 Å². The third-order valence-corrected chi connectivity index (χ3v) is 3.27. The molecule has 6 nitrogen and oxygen atoms in total. The van der Waals surface area contributed by atoms with Crippen LogP contribution >= 0.6 is 0 Å². The Morgan fingerprint density at radius 3 is 2.50 bits per heavy atom. The predicted octanol–water partition coefficient (Wildman–Crippen LogP) is 0.232. The number of rotatable bonds is 4. The van der Waals surface area contributed by atoms with Crippen molar-refractivity contribution in [3.05, 3.63) is 24.3 Å². The molecule has 0 fully saturated rings. The lowest BCUT2D eigenvalue weighted by Gasteiger charge is -2.27. The van der Waals surface area contributed by atoms with Crippen molar-refractivity contribution >= 4 is 11.9 Å². The van der Waals surface area contributed by atoms with Gasteiger partial charge in [-0.05, 0) is 12.2 Å². The number of ether oxygens (including phenoxy) is 2. The van der Waals surface area contributed by atoms with Gasteiger partial charge in [-0.1, -0.05) is 12.2 Å². The van der Waals surface area contributed by atoms with Crippen molar-refractivity contribution in [3.63, 3.8) is 0 Å². The van der Waals surface area contributed by atoms with Crippen molar-refractivity contribution in [3.8, 4) is 0 Å². The fourth-order valence-electron chi connectivity index (χ4n) is 2.50. The molecule has 0 spiro atoms. The second kappa shape index (κ2) is 5.76. The first-order valence-corrected chi connectivity index (χ1v) is 6.51. The molecule has 6 heteroatoms. The smallest absolute Gasteiger partial charge is 0.310 e. The molecular weight excluding hydrogens is 264 g/mol. The third kappa shape index (κ3) is 3.68. The van der Waals surface area contributed by atoms with E-state index in [4.69, 9.17) is 9.47 Å². The van der Waals surface area contributed by atoms with Crippen LogP contribution < -0.4 is 0 Å². The minimum Gasteiger partial charge on any atom is -0.458 e. The summed E-state index contributed by atoms with van der Waals surface area (Å²) in [6.45, 7) is 1.25. The van der Waals surface area contributed by atoms with Crippen LogP contribution in [-0.2, 0) is 19.1 Å². The average Bonchev–Trinajstić information content (AvgIpc) is 2.85. The van der Waals surface area contributed by atoms with E-state index in [0.29, 0.717) is 6.42 Å². The monoisotopic (exact) mass is 282 g/mol. The van der Waals surface area contributed by atoms with Crippen LogP contribution in [0.4, 0.5) is 0 Å². The van der Waals surface area contributed by atoms with Crippen LogP contribution in [-0.4, -0.2) is 46.1 Å². The Bertz CT molecular complexity index is 455. The maximum absolute atomic E-state index is 11.9. The lowest BCUT2D eigenvalue weighted by atomic mass is 9.98. The van der Waals surface area contributed by atoms with Gasteiger partial charge in [0.05, 0.1) is 18.6 Å². The topological polar surface area (TPSA) is 93.1 Å². The summed E-state index contributed by atoms with van der Waals surface area (Å²) >= 11 is 0. The number of hydrogen-bond donors (Lipinski definition) is 2. The van der Waals surface area contributed by atoms with E-state index in [1.807, 2.05) is 0 Å². The second-order valence-corrected chi connectivity index (χ2v) is 5.18. The van der Waals surface area contributed by atoms with Gasteiger partial charge in [0.2, 0.25) is 0 Å². The van der Waals surface area contributed by atoms with E-state index in [2.05, 4.69) is 0 Å². The fourth-order valence-corrected chi connectivity index (χ4v) is 2.50. The zero-order valence-corrected chi connectivity index (χ0v) is 11.2. The van der Waals surface area contributed by atoms with Gasteiger partial charge in [-0.25, -0.2) is 0 Å². The van der Waals surface area contributed by atoms with Gasteiger partial charge in [0.1, 0.15) is 11.7 Å². The van der Waals surface area contributed by atoms with Crippen molar-refractivity contribution in [2.75, 3.05) is 0 Å². The second-order valence-electron chi connectivity index (χ2n) is 5.18. The first kappa shape index (κ1) is 14.7. The summed E-state index contributed by atoms with van der Waals surface area (Å²) in [4.78, 5) is 23.1. The number of aliphatic hydroxyl groups excluding tert-OH is 2. The van der Waals surface area contributed by atoms with Crippen LogP contribution in [0.2, 0.25) is 0 Å². The Hall–Kier alpha value is -1.66. The summed E-state index contributed by atoms with van der Waals surface area (Å²) in [5.74, 6) is -1.05. The molecule has 110 valence electrons. The molecule has 0 amide bonds.